The zero-order valence-corrected chi connectivity index (χ0v) is 10.9. The number of carbonyl (C=O) groups excluding carboxylic acids is 1. The van der Waals surface area contributed by atoms with Gasteiger partial charge in [0, 0.05) is 24.7 Å². The predicted molar refractivity (Wildman–Crippen MR) is 64.4 cm³/mol. The highest BCUT2D eigenvalue weighted by molar-refractivity contribution is 5.70. The number of nitrogens with one attached hydrogen (secondary N) is 1. The lowest BCUT2D eigenvalue weighted by Crippen LogP contribution is -2.51. The molecule has 0 aliphatic carbocycles. The Hall–Kier alpha value is -0.610. The highest BCUT2D eigenvalue weighted by atomic mass is 16.5. The normalized spacial score (nSPS) is 23.9. The van der Waals surface area contributed by atoms with E-state index in [1.165, 1.54) is 7.11 Å². The van der Waals surface area contributed by atoms with Crippen molar-refractivity contribution >= 4 is 5.97 Å². The number of ether oxygens (including phenoxy) is 1. The zero-order chi connectivity index (χ0) is 12.2. The number of rotatable bonds is 2. The highest BCUT2D eigenvalue weighted by Gasteiger charge is 2.31. The van der Waals surface area contributed by atoms with E-state index in [4.69, 9.17) is 4.74 Å². The van der Waals surface area contributed by atoms with Crippen LogP contribution in [0, 0.1) is 0 Å². The number of nitrogens with zero attached hydrogens (tertiary/aromatic N) is 1. The van der Waals surface area contributed by atoms with Gasteiger partial charge in [0.25, 0.3) is 0 Å². The molecule has 0 saturated carbocycles. The lowest BCUT2D eigenvalue weighted by molar-refractivity contribution is -0.142. The molecule has 1 rings (SSSR count). The zero-order valence-electron chi connectivity index (χ0n) is 10.9. The second kappa shape index (κ2) is 5.64. The van der Waals surface area contributed by atoms with Gasteiger partial charge in [-0.05, 0) is 33.7 Å². The fraction of sp³-hybridized carbons (Fsp3) is 0.917. The van der Waals surface area contributed by atoms with Crippen LogP contribution in [0.4, 0.5) is 0 Å². The van der Waals surface area contributed by atoms with E-state index in [1.807, 2.05) is 0 Å². The molecule has 1 unspecified atom stereocenters. The van der Waals surface area contributed by atoms with E-state index in [9.17, 15) is 4.79 Å². The first-order valence-corrected chi connectivity index (χ1v) is 5.99. The van der Waals surface area contributed by atoms with Crippen LogP contribution >= 0.6 is 0 Å². The largest absolute Gasteiger partial charge is 0.469 e. The summed E-state index contributed by atoms with van der Waals surface area (Å²) in [6.45, 7) is 9.53. The lowest BCUT2D eigenvalue weighted by atomic mass is 10.0. The molecule has 1 aliphatic rings. The number of hydrogen-bond donors (Lipinski definition) is 1. The van der Waals surface area contributed by atoms with Crippen LogP contribution in [-0.2, 0) is 9.53 Å². The van der Waals surface area contributed by atoms with Crippen LogP contribution in [0.25, 0.3) is 0 Å². The standard InChI is InChI=1S/C12H24N2O2/c1-12(2,3)14-7-5-6-13-9-10(14)8-11(15)16-4/h10,13H,5-9H2,1-4H3. The third-order valence-corrected chi connectivity index (χ3v) is 3.06. The first-order valence-electron chi connectivity index (χ1n) is 5.99. The fourth-order valence-corrected chi connectivity index (χ4v) is 2.28. The molecule has 1 heterocycles. The lowest BCUT2D eigenvalue weighted by Gasteiger charge is -2.40. The van der Waals surface area contributed by atoms with Gasteiger partial charge >= 0.3 is 5.97 Å². The molecule has 1 aliphatic heterocycles. The molecule has 16 heavy (non-hydrogen) atoms. The average Bonchev–Trinajstić information content (AvgIpc) is 2.42. The Kier molecular flexibility index (Phi) is 4.74. The van der Waals surface area contributed by atoms with Gasteiger partial charge in [0.2, 0.25) is 0 Å². The first-order chi connectivity index (χ1) is 7.45. The van der Waals surface area contributed by atoms with Gasteiger partial charge in [-0.15, -0.1) is 0 Å². The maximum atomic E-state index is 11.4. The Labute approximate surface area is 98.3 Å². The van der Waals surface area contributed by atoms with Gasteiger partial charge < -0.3 is 10.1 Å². The molecule has 1 fully saturated rings. The van der Waals surface area contributed by atoms with Crippen molar-refractivity contribution in [2.75, 3.05) is 26.7 Å². The van der Waals surface area contributed by atoms with Crippen molar-refractivity contribution < 1.29 is 9.53 Å². The summed E-state index contributed by atoms with van der Waals surface area (Å²) in [6.07, 6.45) is 1.61. The van der Waals surface area contributed by atoms with Crippen LogP contribution < -0.4 is 5.32 Å². The summed E-state index contributed by atoms with van der Waals surface area (Å²) in [5, 5.41) is 3.38. The van der Waals surface area contributed by atoms with Crippen molar-refractivity contribution in [1.29, 1.82) is 0 Å². The van der Waals surface area contributed by atoms with Crippen LogP contribution in [-0.4, -0.2) is 49.2 Å². The summed E-state index contributed by atoms with van der Waals surface area (Å²) in [5.74, 6) is -0.122. The molecule has 1 atom stereocenters. The average molecular weight is 228 g/mol. The Balaban J connectivity index is 2.70. The van der Waals surface area contributed by atoms with Gasteiger partial charge in [-0.3, -0.25) is 9.69 Å². The van der Waals surface area contributed by atoms with Crippen LogP contribution in [0.2, 0.25) is 0 Å². The third kappa shape index (κ3) is 3.76. The molecule has 0 amide bonds. The summed E-state index contributed by atoms with van der Waals surface area (Å²) in [6, 6.07) is 0.245. The summed E-state index contributed by atoms with van der Waals surface area (Å²) in [7, 11) is 1.45. The molecule has 1 N–H and O–H groups in total. The molecule has 0 aromatic heterocycles. The van der Waals surface area contributed by atoms with E-state index in [1.54, 1.807) is 0 Å². The molecule has 0 radical (unpaired) electrons. The smallest absolute Gasteiger partial charge is 0.307 e. The second-order valence-corrected chi connectivity index (χ2v) is 5.36. The first kappa shape index (κ1) is 13.5. The van der Waals surface area contributed by atoms with E-state index < -0.39 is 0 Å². The van der Waals surface area contributed by atoms with E-state index >= 15 is 0 Å². The Bertz CT molecular complexity index is 236. The van der Waals surface area contributed by atoms with Gasteiger partial charge in [-0.1, -0.05) is 0 Å². The molecule has 0 aromatic carbocycles. The Morgan fingerprint density at radius 2 is 2.19 bits per heavy atom. The van der Waals surface area contributed by atoms with Crippen molar-refractivity contribution in [3.05, 3.63) is 0 Å². The van der Waals surface area contributed by atoms with E-state index in [0.717, 1.165) is 26.1 Å². The van der Waals surface area contributed by atoms with Gasteiger partial charge in [0.05, 0.1) is 13.5 Å². The Morgan fingerprint density at radius 3 is 2.75 bits per heavy atom. The predicted octanol–water partition coefficient (Wildman–Crippen LogP) is 1.01. The molecule has 0 aromatic rings. The van der Waals surface area contributed by atoms with Gasteiger partial charge in [-0.2, -0.15) is 0 Å². The molecule has 1 saturated heterocycles. The molecule has 94 valence electrons. The molecule has 0 spiro atoms. The summed E-state index contributed by atoms with van der Waals surface area (Å²) in [4.78, 5) is 13.8. The van der Waals surface area contributed by atoms with Gasteiger partial charge in [-0.25, -0.2) is 0 Å². The molecule has 4 heteroatoms. The fourth-order valence-electron chi connectivity index (χ4n) is 2.28. The quantitative estimate of drug-likeness (QED) is 0.716. The van der Waals surface area contributed by atoms with Crippen LogP contribution in [0.3, 0.4) is 0 Å². The second-order valence-electron chi connectivity index (χ2n) is 5.36. The van der Waals surface area contributed by atoms with Crippen molar-refractivity contribution in [3.8, 4) is 0 Å². The number of methoxy groups -OCH3 is 1. The van der Waals surface area contributed by atoms with Crippen LogP contribution in [0.5, 0.6) is 0 Å². The number of hydrogen-bond acceptors (Lipinski definition) is 4. The van der Waals surface area contributed by atoms with Crippen molar-refractivity contribution in [3.63, 3.8) is 0 Å². The maximum Gasteiger partial charge on any atom is 0.307 e. The minimum Gasteiger partial charge on any atom is -0.469 e. The topological polar surface area (TPSA) is 41.6 Å². The SMILES string of the molecule is COC(=O)CC1CNCCCN1C(C)(C)C. The van der Waals surface area contributed by atoms with Crippen molar-refractivity contribution in [2.24, 2.45) is 0 Å². The minimum atomic E-state index is -0.122. The summed E-state index contributed by atoms with van der Waals surface area (Å²) < 4.78 is 4.76. The van der Waals surface area contributed by atoms with Crippen molar-refractivity contribution in [1.82, 2.24) is 10.2 Å². The summed E-state index contributed by atoms with van der Waals surface area (Å²) in [5.41, 5.74) is 0.102. The van der Waals surface area contributed by atoms with Gasteiger partial charge in [0.15, 0.2) is 0 Å². The van der Waals surface area contributed by atoms with E-state index in [2.05, 4.69) is 31.0 Å². The summed E-state index contributed by atoms with van der Waals surface area (Å²) >= 11 is 0. The van der Waals surface area contributed by atoms with Gasteiger partial charge in [0.1, 0.15) is 0 Å². The monoisotopic (exact) mass is 228 g/mol. The maximum absolute atomic E-state index is 11.4. The number of esters is 1. The van der Waals surface area contributed by atoms with Crippen LogP contribution in [0.1, 0.15) is 33.6 Å². The number of carbonyl (C=O) groups is 1. The molecule has 0 bridgehead atoms. The van der Waals surface area contributed by atoms with E-state index in [0.29, 0.717) is 6.42 Å². The third-order valence-electron chi connectivity index (χ3n) is 3.06. The molecular formula is C12H24N2O2. The Morgan fingerprint density at radius 1 is 1.50 bits per heavy atom. The minimum absolute atomic E-state index is 0.102. The van der Waals surface area contributed by atoms with E-state index in [-0.39, 0.29) is 17.6 Å². The van der Waals surface area contributed by atoms with Crippen LogP contribution in [0.15, 0.2) is 0 Å². The molecule has 4 nitrogen and oxygen atoms in total. The molecular weight excluding hydrogens is 204 g/mol. The highest BCUT2D eigenvalue weighted by Crippen LogP contribution is 2.20. The van der Waals surface area contributed by atoms with Crippen molar-refractivity contribution in [2.45, 2.75) is 45.2 Å².